The fourth-order valence-electron chi connectivity index (χ4n) is 1.70. The fraction of sp³-hybridized carbons (Fsp3) is 1.00. The van der Waals surface area contributed by atoms with Gasteiger partial charge in [-0.1, -0.05) is 0 Å². The molecule has 0 atom stereocenters. The lowest BCUT2D eigenvalue weighted by atomic mass is 10.3. The van der Waals surface area contributed by atoms with Gasteiger partial charge in [0.25, 0.3) is 0 Å². The monoisotopic (exact) mass is 230 g/mol. The summed E-state index contributed by atoms with van der Waals surface area (Å²) in [4.78, 5) is 2.44. The first-order valence-corrected chi connectivity index (χ1v) is 6.30. The normalized spacial score (nSPS) is 15.9. The largest absolute Gasteiger partial charge is 0.385 e. The predicted octanol–water partition coefficient (Wildman–Crippen LogP) is 0.723. The molecule has 4 heteroatoms. The molecule has 0 aromatic carbocycles. The van der Waals surface area contributed by atoms with Gasteiger partial charge in [0.1, 0.15) is 0 Å². The molecule has 0 aliphatic heterocycles. The van der Waals surface area contributed by atoms with Crippen molar-refractivity contribution in [3.05, 3.63) is 0 Å². The molecule has 0 heterocycles. The van der Waals surface area contributed by atoms with Gasteiger partial charge in [-0.15, -0.1) is 0 Å². The summed E-state index contributed by atoms with van der Waals surface area (Å²) >= 11 is 0. The summed E-state index contributed by atoms with van der Waals surface area (Å²) in [5.41, 5.74) is 0. The highest BCUT2D eigenvalue weighted by Crippen LogP contribution is 2.17. The van der Waals surface area contributed by atoms with Gasteiger partial charge in [-0.3, -0.25) is 4.90 Å². The van der Waals surface area contributed by atoms with Crippen molar-refractivity contribution in [3.63, 3.8) is 0 Å². The van der Waals surface area contributed by atoms with E-state index in [2.05, 4.69) is 10.2 Å². The molecule has 0 saturated heterocycles. The molecule has 0 bridgehead atoms. The van der Waals surface area contributed by atoms with Crippen molar-refractivity contribution in [2.45, 2.75) is 25.3 Å². The van der Waals surface area contributed by atoms with Crippen LogP contribution < -0.4 is 5.32 Å². The summed E-state index contributed by atoms with van der Waals surface area (Å²) in [6.45, 7) is 6.00. The Bertz CT molecular complexity index is 163. The maximum Gasteiger partial charge on any atom is 0.0589 e. The first-order valence-electron chi connectivity index (χ1n) is 6.30. The number of methoxy groups -OCH3 is 2. The van der Waals surface area contributed by atoms with Crippen molar-refractivity contribution >= 4 is 0 Å². The van der Waals surface area contributed by atoms with Crippen LogP contribution in [0.25, 0.3) is 0 Å². The molecule has 0 radical (unpaired) electrons. The van der Waals surface area contributed by atoms with Crippen LogP contribution in [0.4, 0.5) is 0 Å². The molecule has 0 spiro atoms. The Labute approximate surface area is 99.3 Å². The zero-order chi connectivity index (χ0) is 11.6. The molecule has 0 unspecified atom stereocenters. The van der Waals surface area contributed by atoms with Crippen molar-refractivity contribution < 1.29 is 9.47 Å². The van der Waals surface area contributed by atoms with E-state index in [1.807, 2.05) is 0 Å². The smallest absolute Gasteiger partial charge is 0.0589 e. The molecular formula is C12H26N2O2. The van der Waals surface area contributed by atoms with Gasteiger partial charge in [0.05, 0.1) is 6.61 Å². The van der Waals surface area contributed by atoms with E-state index < -0.39 is 0 Å². The zero-order valence-corrected chi connectivity index (χ0v) is 10.7. The molecule has 1 N–H and O–H groups in total. The van der Waals surface area contributed by atoms with Gasteiger partial charge in [-0.05, 0) is 19.3 Å². The second-order valence-electron chi connectivity index (χ2n) is 4.41. The summed E-state index contributed by atoms with van der Waals surface area (Å²) in [5.74, 6) is 0. The van der Waals surface area contributed by atoms with E-state index >= 15 is 0 Å². The van der Waals surface area contributed by atoms with Crippen LogP contribution in [0, 0.1) is 0 Å². The summed E-state index contributed by atoms with van der Waals surface area (Å²) in [6, 6.07) is 0.809. The average Bonchev–Trinajstić information content (AvgIpc) is 3.09. The Morgan fingerprint density at radius 2 is 1.81 bits per heavy atom. The summed E-state index contributed by atoms with van der Waals surface area (Å²) in [5, 5.41) is 3.54. The molecule has 1 saturated carbocycles. The number of rotatable bonds is 11. The quantitative estimate of drug-likeness (QED) is 0.530. The second-order valence-corrected chi connectivity index (χ2v) is 4.41. The van der Waals surface area contributed by atoms with Crippen molar-refractivity contribution in [1.82, 2.24) is 10.2 Å². The average molecular weight is 230 g/mol. The third-order valence-corrected chi connectivity index (χ3v) is 2.87. The highest BCUT2D eigenvalue weighted by molar-refractivity contribution is 4.81. The van der Waals surface area contributed by atoms with Crippen LogP contribution in [0.15, 0.2) is 0 Å². The molecule has 1 fully saturated rings. The molecular weight excluding hydrogens is 204 g/mol. The maximum absolute atomic E-state index is 5.13. The van der Waals surface area contributed by atoms with E-state index in [0.717, 1.165) is 51.9 Å². The van der Waals surface area contributed by atoms with E-state index in [9.17, 15) is 0 Å². The van der Waals surface area contributed by atoms with Gasteiger partial charge in [0, 0.05) is 53.0 Å². The number of hydrogen-bond acceptors (Lipinski definition) is 4. The zero-order valence-electron chi connectivity index (χ0n) is 10.7. The standard InChI is InChI=1S/C12H26N2O2/c1-15-10-3-7-14(9-11-16-2)8-6-13-12-4-5-12/h12-13H,3-11H2,1-2H3. The molecule has 1 rings (SSSR count). The van der Waals surface area contributed by atoms with Crippen molar-refractivity contribution in [3.8, 4) is 0 Å². The lowest BCUT2D eigenvalue weighted by molar-refractivity contribution is 0.133. The Kier molecular flexibility index (Phi) is 7.76. The number of nitrogens with one attached hydrogen (secondary N) is 1. The van der Waals surface area contributed by atoms with Crippen LogP contribution in [-0.2, 0) is 9.47 Å². The molecule has 1 aliphatic rings. The van der Waals surface area contributed by atoms with Gasteiger partial charge in [0.2, 0.25) is 0 Å². The third-order valence-electron chi connectivity index (χ3n) is 2.87. The molecule has 0 amide bonds. The van der Waals surface area contributed by atoms with E-state index in [0.29, 0.717) is 0 Å². The Morgan fingerprint density at radius 1 is 1.06 bits per heavy atom. The first kappa shape index (κ1) is 13.9. The minimum Gasteiger partial charge on any atom is -0.385 e. The molecule has 96 valence electrons. The number of hydrogen-bond donors (Lipinski definition) is 1. The summed E-state index contributed by atoms with van der Waals surface area (Å²) in [6.07, 6.45) is 3.83. The van der Waals surface area contributed by atoms with Crippen molar-refractivity contribution in [2.75, 3.05) is 53.6 Å². The summed E-state index contributed by atoms with van der Waals surface area (Å²) in [7, 11) is 3.52. The Balaban J connectivity index is 2.03. The number of ether oxygens (including phenoxy) is 2. The van der Waals surface area contributed by atoms with E-state index in [4.69, 9.17) is 9.47 Å². The predicted molar refractivity (Wildman–Crippen MR) is 65.8 cm³/mol. The minimum absolute atomic E-state index is 0.809. The minimum atomic E-state index is 0.809. The van der Waals surface area contributed by atoms with Crippen molar-refractivity contribution in [2.24, 2.45) is 0 Å². The van der Waals surface area contributed by atoms with E-state index in [1.54, 1.807) is 14.2 Å². The Morgan fingerprint density at radius 3 is 2.44 bits per heavy atom. The molecule has 0 aromatic rings. The molecule has 1 aliphatic carbocycles. The van der Waals surface area contributed by atoms with Gasteiger partial charge in [0.15, 0.2) is 0 Å². The lowest BCUT2D eigenvalue weighted by Gasteiger charge is -2.21. The second kappa shape index (κ2) is 8.93. The first-order chi connectivity index (χ1) is 7.86. The highest BCUT2D eigenvalue weighted by atomic mass is 16.5. The Hall–Kier alpha value is -0.160. The van der Waals surface area contributed by atoms with Crippen LogP contribution in [0.2, 0.25) is 0 Å². The molecule has 0 aromatic heterocycles. The molecule has 4 nitrogen and oxygen atoms in total. The van der Waals surface area contributed by atoms with Gasteiger partial charge < -0.3 is 14.8 Å². The van der Waals surface area contributed by atoms with Gasteiger partial charge >= 0.3 is 0 Å². The fourth-order valence-corrected chi connectivity index (χ4v) is 1.70. The summed E-state index contributed by atoms with van der Waals surface area (Å²) < 4.78 is 10.2. The van der Waals surface area contributed by atoms with E-state index in [1.165, 1.54) is 12.8 Å². The van der Waals surface area contributed by atoms with Gasteiger partial charge in [-0.2, -0.15) is 0 Å². The van der Waals surface area contributed by atoms with Crippen molar-refractivity contribution in [1.29, 1.82) is 0 Å². The van der Waals surface area contributed by atoms with Gasteiger partial charge in [-0.25, -0.2) is 0 Å². The topological polar surface area (TPSA) is 33.7 Å². The highest BCUT2D eigenvalue weighted by Gasteiger charge is 2.19. The molecule has 16 heavy (non-hydrogen) atoms. The van der Waals surface area contributed by atoms with Crippen LogP contribution in [0.5, 0.6) is 0 Å². The van der Waals surface area contributed by atoms with E-state index in [-0.39, 0.29) is 0 Å². The third kappa shape index (κ3) is 7.17. The van der Waals surface area contributed by atoms with Crippen LogP contribution in [0.1, 0.15) is 19.3 Å². The lowest BCUT2D eigenvalue weighted by Crippen LogP contribution is -2.36. The maximum atomic E-state index is 5.13. The van der Waals surface area contributed by atoms with Crippen LogP contribution in [-0.4, -0.2) is 64.6 Å². The SMILES string of the molecule is COCCCN(CCNC1CC1)CCOC. The van der Waals surface area contributed by atoms with Crippen LogP contribution in [0.3, 0.4) is 0 Å². The van der Waals surface area contributed by atoms with Crippen LogP contribution >= 0.6 is 0 Å². The number of nitrogens with zero attached hydrogens (tertiary/aromatic N) is 1.